The van der Waals surface area contributed by atoms with Gasteiger partial charge in [-0.05, 0) is 38.8 Å². The second-order valence-corrected chi connectivity index (χ2v) is 6.71. The van der Waals surface area contributed by atoms with Crippen molar-refractivity contribution in [2.24, 2.45) is 0 Å². The van der Waals surface area contributed by atoms with Crippen molar-refractivity contribution >= 4 is 11.0 Å². The quantitative estimate of drug-likeness (QED) is 0.934. The van der Waals surface area contributed by atoms with Crippen molar-refractivity contribution in [3.63, 3.8) is 0 Å². The van der Waals surface area contributed by atoms with Crippen LogP contribution in [0.2, 0.25) is 0 Å². The standard InChI is InChI=1S/C18H24N2O/c1-20-15-5-4-6-16(20)10-14(9-15)19-11-13-12-21-18-8-3-2-7-17(13)18/h2-3,7-8,12,14-16,19H,4-6,9-11H2,1H3. The second kappa shape index (κ2) is 5.47. The highest BCUT2D eigenvalue weighted by Gasteiger charge is 2.35. The number of fused-ring (bicyclic) bond motifs is 3. The van der Waals surface area contributed by atoms with Crippen LogP contribution in [0.4, 0.5) is 0 Å². The number of nitrogens with one attached hydrogen (secondary N) is 1. The summed E-state index contributed by atoms with van der Waals surface area (Å²) in [5.41, 5.74) is 2.28. The molecule has 3 heteroatoms. The number of nitrogens with zero attached hydrogens (tertiary/aromatic N) is 1. The van der Waals surface area contributed by atoms with Gasteiger partial charge in [-0.25, -0.2) is 0 Å². The maximum Gasteiger partial charge on any atom is 0.134 e. The van der Waals surface area contributed by atoms with Crippen molar-refractivity contribution in [1.29, 1.82) is 0 Å². The Bertz CT molecular complexity index is 606. The van der Waals surface area contributed by atoms with Crippen molar-refractivity contribution in [3.05, 3.63) is 36.1 Å². The molecule has 1 aromatic heterocycles. The Labute approximate surface area is 126 Å². The molecule has 2 atom stereocenters. The molecule has 2 saturated heterocycles. The Morgan fingerprint density at radius 3 is 2.76 bits per heavy atom. The molecule has 112 valence electrons. The zero-order valence-electron chi connectivity index (χ0n) is 12.7. The lowest BCUT2D eigenvalue weighted by atomic mass is 9.82. The van der Waals surface area contributed by atoms with Gasteiger partial charge in [-0.2, -0.15) is 0 Å². The number of para-hydroxylation sites is 1. The van der Waals surface area contributed by atoms with Gasteiger partial charge in [0.15, 0.2) is 0 Å². The van der Waals surface area contributed by atoms with Crippen LogP contribution in [0, 0.1) is 0 Å². The van der Waals surface area contributed by atoms with E-state index in [1.165, 1.54) is 43.1 Å². The number of furan rings is 1. The first-order valence-corrected chi connectivity index (χ1v) is 8.21. The van der Waals surface area contributed by atoms with Crippen LogP contribution in [0.5, 0.6) is 0 Å². The number of benzene rings is 1. The summed E-state index contributed by atoms with van der Waals surface area (Å²) in [5.74, 6) is 0. The zero-order valence-corrected chi connectivity index (χ0v) is 12.7. The number of rotatable bonds is 3. The van der Waals surface area contributed by atoms with Crippen LogP contribution in [-0.4, -0.2) is 30.1 Å². The van der Waals surface area contributed by atoms with Gasteiger partial charge in [-0.15, -0.1) is 0 Å². The van der Waals surface area contributed by atoms with Crippen molar-refractivity contribution in [2.75, 3.05) is 7.05 Å². The Kier molecular flexibility index (Phi) is 3.48. The van der Waals surface area contributed by atoms with Crippen molar-refractivity contribution in [3.8, 4) is 0 Å². The fourth-order valence-corrected chi connectivity index (χ4v) is 4.21. The van der Waals surface area contributed by atoms with E-state index in [4.69, 9.17) is 4.42 Å². The van der Waals surface area contributed by atoms with Crippen molar-refractivity contribution in [2.45, 2.75) is 56.8 Å². The molecule has 3 heterocycles. The first-order valence-electron chi connectivity index (χ1n) is 8.21. The molecule has 0 amide bonds. The van der Waals surface area contributed by atoms with Gasteiger partial charge in [0, 0.05) is 35.6 Å². The Morgan fingerprint density at radius 2 is 1.95 bits per heavy atom. The van der Waals surface area contributed by atoms with Crippen molar-refractivity contribution in [1.82, 2.24) is 10.2 Å². The molecular weight excluding hydrogens is 260 g/mol. The van der Waals surface area contributed by atoms with E-state index in [2.05, 4.69) is 29.4 Å². The molecule has 2 aliphatic heterocycles. The maximum absolute atomic E-state index is 5.63. The van der Waals surface area contributed by atoms with Gasteiger partial charge in [-0.3, -0.25) is 0 Å². The fraction of sp³-hybridized carbons (Fsp3) is 0.556. The lowest BCUT2D eigenvalue weighted by molar-refractivity contribution is 0.0482. The molecule has 2 unspecified atom stereocenters. The molecule has 2 aliphatic rings. The summed E-state index contributed by atoms with van der Waals surface area (Å²) in [6.07, 6.45) is 8.66. The molecule has 1 aromatic carbocycles. The lowest BCUT2D eigenvalue weighted by Crippen LogP contribution is -2.54. The van der Waals surface area contributed by atoms with E-state index in [0.29, 0.717) is 6.04 Å². The Morgan fingerprint density at radius 1 is 1.19 bits per heavy atom. The normalized spacial score (nSPS) is 29.9. The van der Waals surface area contributed by atoms with E-state index in [1.54, 1.807) is 0 Å². The highest BCUT2D eigenvalue weighted by atomic mass is 16.3. The summed E-state index contributed by atoms with van der Waals surface area (Å²) in [7, 11) is 2.31. The molecule has 3 nitrogen and oxygen atoms in total. The van der Waals surface area contributed by atoms with Crippen LogP contribution in [0.15, 0.2) is 34.9 Å². The summed E-state index contributed by atoms with van der Waals surface area (Å²) in [4.78, 5) is 2.62. The summed E-state index contributed by atoms with van der Waals surface area (Å²) in [5, 5.41) is 5.03. The van der Waals surface area contributed by atoms with E-state index in [9.17, 15) is 0 Å². The lowest BCUT2D eigenvalue weighted by Gasteiger charge is -2.47. The fourth-order valence-electron chi connectivity index (χ4n) is 4.21. The third-order valence-corrected chi connectivity index (χ3v) is 5.48. The third kappa shape index (κ3) is 2.49. The molecule has 4 rings (SSSR count). The molecule has 0 aliphatic carbocycles. The first-order chi connectivity index (χ1) is 10.3. The minimum Gasteiger partial charge on any atom is -0.464 e. The number of hydrogen-bond acceptors (Lipinski definition) is 3. The average Bonchev–Trinajstić information content (AvgIpc) is 2.89. The first kappa shape index (κ1) is 13.4. The third-order valence-electron chi connectivity index (χ3n) is 5.48. The molecule has 2 fully saturated rings. The molecule has 1 N–H and O–H groups in total. The topological polar surface area (TPSA) is 28.4 Å². The van der Waals surface area contributed by atoms with Gasteiger partial charge in [0.25, 0.3) is 0 Å². The van der Waals surface area contributed by atoms with Crippen LogP contribution in [-0.2, 0) is 6.54 Å². The SMILES string of the molecule is CN1C2CCCC1CC(NCc1coc3ccccc13)C2. The van der Waals surface area contributed by atoms with E-state index in [1.807, 2.05) is 18.4 Å². The number of hydrogen-bond donors (Lipinski definition) is 1. The predicted octanol–water partition coefficient (Wildman–Crippen LogP) is 3.54. The van der Waals surface area contributed by atoms with Gasteiger partial charge in [-0.1, -0.05) is 24.6 Å². The van der Waals surface area contributed by atoms with Crippen LogP contribution in [0.25, 0.3) is 11.0 Å². The van der Waals surface area contributed by atoms with E-state index in [0.717, 1.165) is 24.2 Å². The van der Waals surface area contributed by atoms with Crippen LogP contribution < -0.4 is 5.32 Å². The summed E-state index contributed by atoms with van der Waals surface area (Å²) in [6, 6.07) is 10.5. The van der Waals surface area contributed by atoms with Gasteiger partial charge < -0.3 is 14.6 Å². The minimum atomic E-state index is 0.658. The zero-order chi connectivity index (χ0) is 14.2. The highest BCUT2D eigenvalue weighted by Crippen LogP contribution is 2.33. The van der Waals surface area contributed by atoms with Crippen LogP contribution in [0.3, 0.4) is 0 Å². The van der Waals surface area contributed by atoms with Crippen LogP contribution >= 0.6 is 0 Å². The van der Waals surface area contributed by atoms with Gasteiger partial charge in [0.2, 0.25) is 0 Å². The van der Waals surface area contributed by atoms with Crippen LogP contribution in [0.1, 0.15) is 37.7 Å². The summed E-state index contributed by atoms with van der Waals surface area (Å²) in [6.45, 7) is 0.921. The largest absolute Gasteiger partial charge is 0.464 e. The molecule has 21 heavy (non-hydrogen) atoms. The highest BCUT2D eigenvalue weighted by molar-refractivity contribution is 5.80. The Balaban J connectivity index is 1.43. The molecule has 2 bridgehead atoms. The number of piperidine rings is 2. The molecule has 0 spiro atoms. The minimum absolute atomic E-state index is 0.658. The van der Waals surface area contributed by atoms with Crippen molar-refractivity contribution < 1.29 is 4.42 Å². The Hall–Kier alpha value is -1.32. The maximum atomic E-state index is 5.63. The van der Waals surface area contributed by atoms with Gasteiger partial charge in [0.05, 0.1) is 6.26 Å². The van der Waals surface area contributed by atoms with Gasteiger partial charge in [0.1, 0.15) is 5.58 Å². The van der Waals surface area contributed by atoms with E-state index in [-0.39, 0.29) is 0 Å². The smallest absolute Gasteiger partial charge is 0.134 e. The molecule has 0 radical (unpaired) electrons. The van der Waals surface area contributed by atoms with E-state index < -0.39 is 0 Å². The second-order valence-electron chi connectivity index (χ2n) is 6.71. The molecule has 0 saturated carbocycles. The predicted molar refractivity (Wildman–Crippen MR) is 85.3 cm³/mol. The summed E-state index contributed by atoms with van der Waals surface area (Å²) >= 11 is 0. The average molecular weight is 284 g/mol. The monoisotopic (exact) mass is 284 g/mol. The van der Waals surface area contributed by atoms with Gasteiger partial charge >= 0.3 is 0 Å². The molecular formula is C18H24N2O. The molecule has 2 aromatic rings. The van der Waals surface area contributed by atoms with E-state index >= 15 is 0 Å². The summed E-state index contributed by atoms with van der Waals surface area (Å²) < 4.78 is 5.63.